The summed E-state index contributed by atoms with van der Waals surface area (Å²) >= 11 is 0. The monoisotopic (exact) mass is 393 g/mol. The number of esters is 1. The lowest BCUT2D eigenvalue weighted by molar-refractivity contribution is -0.687. The molecule has 0 spiro atoms. The van der Waals surface area contributed by atoms with Crippen molar-refractivity contribution in [1.82, 2.24) is 4.57 Å². The Hall–Kier alpha value is -3.41. The van der Waals surface area contributed by atoms with Crippen LogP contribution in [0.4, 0.5) is 0 Å². The van der Waals surface area contributed by atoms with Gasteiger partial charge in [-0.1, -0.05) is 30.3 Å². The van der Waals surface area contributed by atoms with Gasteiger partial charge in [0.2, 0.25) is 0 Å². The molecule has 29 heavy (non-hydrogen) atoms. The highest BCUT2D eigenvalue weighted by Gasteiger charge is 2.31. The molecule has 0 amide bonds. The predicted octanol–water partition coefficient (Wildman–Crippen LogP) is 3.23. The van der Waals surface area contributed by atoms with Gasteiger partial charge in [0.25, 0.3) is 6.33 Å². The highest BCUT2D eigenvalue weighted by atomic mass is 16.6. The first-order valence-electron chi connectivity index (χ1n) is 9.51. The second-order valence-electron chi connectivity index (χ2n) is 7.14. The van der Waals surface area contributed by atoms with Gasteiger partial charge in [-0.25, -0.2) is 14.2 Å². The molecule has 0 bridgehead atoms. The number of hydrogen-bond donors (Lipinski definition) is 0. The van der Waals surface area contributed by atoms with E-state index in [0.717, 1.165) is 5.56 Å². The highest BCUT2D eigenvalue weighted by Crippen LogP contribution is 2.20. The van der Waals surface area contributed by atoms with Crippen LogP contribution in [0.3, 0.4) is 0 Å². The molecule has 3 rings (SSSR count). The molecule has 3 aromatic rings. The molecule has 6 heteroatoms. The summed E-state index contributed by atoms with van der Waals surface area (Å²) in [5.74, 6) is 0.118. The maximum Gasteiger partial charge on any atom is 0.349 e. The largest absolute Gasteiger partial charge is 0.476 e. The number of rotatable bonds is 7. The van der Waals surface area contributed by atoms with Gasteiger partial charge in [-0.15, -0.1) is 0 Å². The Morgan fingerprint density at radius 2 is 1.72 bits per heavy atom. The minimum Gasteiger partial charge on any atom is -0.476 e. The Balaban J connectivity index is 1.64. The van der Waals surface area contributed by atoms with Gasteiger partial charge in [0, 0.05) is 0 Å². The van der Waals surface area contributed by atoms with Crippen molar-refractivity contribution in [3.05, 3.63) is 84.4 Å². The summed E-state index contributed by atoms with van der Waals surface area (Å²) in [7, 11) is 0. The van der Waals surface area contributed by atoms with Crippen molar-refractivity contribution in [3.63, 3.8) is 0 Å². The van der Waals surface area contributed by atoms with E-state index in [1.54, 1.807) is 50.0 Å². The fraction of sp³-hybridized carbons (Fsp3) is 0.261. The Morgan fingerprint density at radius 3 is 2.38 bits per heavy atom. The molecule has 2 aromatic carbocycles. The minimum atomic E-state index is -1.05. The number of aromatic nitrogens is 2. The van der Waals surface area contributed by atoms with Crippen LogP contribution < -0.4 is 9.30 Å². The van der Waals surface area contributed by atoms with Crippen molar-refractivity contribution >= 4 is 11.9 Å². The van der Waals surface area contributed by atoms with Gasteiger partial charge < -0.3 is 9.47 Å². The van der Waals surface area contributed by atoms with Crippen LogP contribution in [0.5, 0.6) is 5.75 Å². The van der Waals surface area contributed by atoms with Crippen LogP contribution in [0.15, 0.2) is 73.3 Å². The SMILES string of the molecule is CCOC(=O)C(C)(C)Oc1ccc(C[n+]2ccn(C(=O)c3ccccc3)c2)cc1. The Bertz CT molecular complexity index is 976. The van der Waals surface area contributed by atoms with Gasteiger partial charge in [0.05, 0.1) is 12.2 Å². The van der Waals surface area contributed by atoms with Crippen LogP contribution in [0.25, 0.3) is 0 Å². The van der Waals surface area contributed by atoms with E-state index in [-0.39, 0.29) is 5.91 Å². The van der Waals surface area contributed by atoms with E-state index >= 15 is 0 Å². The summed E-state index contributed by atoms with van der Waals surface area (Å²) in [5, 5.41) is 0. The molecule has 0 aliphatic rings. The normalized spacial score (nSPS) is 11.1. The van der Waals surface area contributed by atoms with Crippen molar-refractivity contribution < 1.29 is 23.6 Å². The summed E-state index contributed by atoms with van der Waals surface area (Å²) in [5.41, 5.74) is 0.628. The van der Waals surface area contributed by atoms with Crippen LogP contribution in [-0.4, -0.2) is 28.7 Å². The molecular weight excluding hydrogens is 368 g/mol. The number of hydrogen-bond acceptors (Lipinski definition) is 4. The fourth-order valence-electron chi connectivity index (χ4n) is 2.85. The molecule has 1 aromatic heterocycles. The molecule has 0 aliphatic carbocycles. The average molecular weight is 393 g/mol. The van der Waals surface area contributed by atoms with Gasteiger partial charge >= 0.3 is 11.9 Å². The van der Waals surface area contributed by atoms with E-state index in [1.165, 1.54) is 0 Å². The van der Waals surface area contributed by atoms with Crippen LogP contribution in [0.2, 0.25) is 0 Å². The van der Waals surface area contributed by atoms with E-state index in [4.69, 9.17) is 9.47 Å². The van der Waals surface area contributed by atoms with E-state index in [9.17, 15) is 9.59 Å². The summed E-state index contributed by atoms with van der Waals surface area (Å²) in [6.45, 7) is 6.05. The molecule has 6 nitrogen and oxygen atoms in total. The lowest BCUT2D eigenvalue weighted by Crippen LogP contribution is -2.39. The lowest BCUT2D eigenvalue weighted by atomic mass is 10.1. The van der Waals surface area contributed by atoms with Gasteiger partial charge in [-0.05, 0) is 50.6 Å². The predicted molar refractivity (Wildman–Crippen MR) is 108 cm³/mol. The Morgan fingerprint density at radius 1 is 1.03 bits per heavy atom. The first-order valence-corrected chi connectivity index (χ1v) is 9.51. The van der Waals surface area contributed by atoms with Gasteiger partial charge in [-0.3, -0.25) is 0 Å². The zero-order chi connectivity index (χ0) is 20.9. The van der Waals surface area contributed by atoms with E-state index < -0.39 is 11.6 Å². The standard InChI is InChI=1S/C23H25N2O4/c1-4-28-22(27)23(2,3)29-20-12-10-18(11-13-20)16-24-14-15-25(17-24)21(26)19-8-6-5-7-9-19/h5-15,17H,4,16H2,1-3H3/q+1. The van der Waals surface area contributed by atoms with Crippen molar-refractivity contribution in [3.8, 4) is 5.75 Å². The molecule has 1 heterocycles. The molecule has 150 valence electrons. The summed E-state index contributed by atoms with van der Waals surface area (Å²) < 4.78 is 14.3. The first kappa shape index (κ1) is 20.3. The lowest BCUT2D eigenvalue weighted by Gasteiger charge is -2.24. The Labute approximate surface area is 170 Å². The van der Waals surface area contributed by atoms with Crippen LogP contribution in [-0.2, 0) is 16.1 Å². The van der Waals surface area contributed by atoms with E-state index in [2.05, 4.69) is 0 Å². The number of ether oxygens (including phenoxy) is 2. The molecule has 0 fully saturated rings. The third-order valence-corrected chi connectivity index (χ3v) is 4.38. The molecule has 0 aliphatic heterocycles. The first-order chi connectivity index (χ1) is 13.9. The molecule has 0 saturated carbocycles. The second kappa shape index (κ2) is 8.73. The Kier molecular flexibility index (Phi) is 6.12. The summed E-state index contributed by atoms with van der Waals surface area (Å²) in [6.07, 6.45) is 5.37. The molecular formula is C23H25N2O4+. The van der Waals surface area contributed by atoms with Gasteiger partial charge in [-0.2, -0.15) is 4.57 Å². The van der Waals surface area contributed by atoms with Crippen LogP contribution in [0, 0.1) is 0 Å². The summed E-state index contributed by atoms with van der Waals surface area (Å²) in [4.78, 5) is 24.4. The van der Waals surface area contributed by atoms with Crippen LogP contribution in [0.1, 0.15) is 36.7 Å². The maximum absolute atomic E-state index is 12.5. The average Bonchev–Trinajstić information content (AvgIpc) is 3.18. The van der Waals surface area contributed by atoms with Crippen molar-refractivity contribution in [2.45, 2.75) is 32.9 Å². The topological polar surface area (TPSA) is 61.4 Å². The van der Waals surface area contributed by atoms with E-state index in [1.807, 2.05) is 53.2 Å². The molecule has 0 unspecified atom stereocenters. The number of carbonyl (C=O) groups is 2. The molecule has 0 atom stereocenters. The van der Waals surface area contributed by atoms with E-state index in [0.29, 0.717) is 24.5 Å². The molecule has 0 saturated heterocycles. The number of imidazole rings is 1. The third kappa shape index (κ3) is 5.10. The van der Waals surface area contributed by atoms with Crippen LogP contribution >= 0.6 is 0 Å². The zero-order valence-electron chi connectivity index (χ0n) is 16.9. The fourth-order valence-corrected chi connectivity index (χ4v) is 2.85. The summed E-state index contributed by atoms with van der Waals surface area (Å²) in [6, 6.07) is 16.7. The maximum atomic E-state index is 12.5. The van der Waals surface area contributed by atoms with Gasteiger partial charge in [0.1, 0.15) is 24.7 Å². The number of benzene rings is 2. The zero-order valence-corrected chi connectivity index (χ0v) is 16.9. The van der Waals surface area contributed by atoms with Gasteiger partial charge in [0.15, 0.2) is 5.60 Å². The quantitative estimate of drug-likeness (QED) is 0.457. The van der Waals surface area contributed by atoms with Crippen molar-refractivity contribution in [2.24, 2.45) is 0 Å². The second-order valence-corrected chi connectivity index (χ2v) is 7.14. The van der Waals surface area contributed by atoms with Crippen molar-refractivity contribution in [1.29, 1.82) is 0 Å². The highest BCUT2D eigenvalue weighted by molar-refractivity contribution is 5.95. The number of carbonyl (C=O) groups excluding carboxylic acids is 2. The molecule has 0 radical (unpaired) electrons. The third-order valence-electron chi connectivity index (χ3n) is 4.38. The molecule has 0 N–H and O–H groups in total. The minimum absolute atomic E-state index is 0.0747. The van der Waals surface area contributed by atoms with Crippen molar-refractivity contribution in [2.75, 3.05) is 6.61 Å². The smallest absolute Gasteiger partial charge is 0.349 e. The number of nitrogens with zero attached hydrogens (tertiary/aromatic N) is 2.